The Balaban J connectivity index is 0.00000220. The number of anilines is 2. The molecule has 2 rings (SSSR count). The summed E-state index contributed by atoms with van der Waals surface area (Å²) in [7, 11) is 0. The Kier molecular flexibility index (Phi) is 3.96. The third-order valence-electron chi connectivity index (χ3n) is 2.72. The Labute approximate surface area is 118 Å². The number of carbonyl (C=O) groups is 1. The van der Waals surface area contributed by atoms with Crippen molar-refractivity contribution in [2.45, 2.75) is 6.92 Å². The first-order valence-corrected chi connectivity index (χ1v) is 5.93. The molecular formula is C15H16FN3O. The van der Waals surface area contributed by atoms with Crippen LogP contribution in [0.4, 0.5) is 20.6 Å². The van der Waals surface area contributed by atoms with Crippen LogP contribution in [0.5, 0.6) is 0 Å². The average Bonchev–Trinajstić information content (AvgIpc) is 2.43. The van der Waals surface area contributed by atoms with Crippen molar-refractivity contribution >= 4 is 17.4 Å². The molecule has 0 atom stereocenters. The molecule has 0 aliphatic rings. The van der Waals surface area contributed by atoms with Gasteiger partial charge in [-0.2, -0.15) is 5.26 Å². The zero-order valence-electron chi connectivity index (χ0n) is 10.8. The van der Waals surface area contributed by atoms with E-state index in [4.69, 9.17) is 5.26 Å². The first-order valence-electron chi connectivity index (χ1n) is 5.93. The second-order valence-corrected chi connectivity index (χ2v) is 4.23. The van der Waals surface area contributed by atoms with Crippen LogP contribution in [0, 0.1) is 24.1 Å². The Morgan fingerprint density at radius 3 is 2.40 bits per heavy atom. The third kappa shape index (κ3) is 3.33. The van der Waals surface area contributed by atoms with Crippen molar-refractivity contribution in [3.8, 4) is 6.07 Å². The largest absolute Gasteiger partial charge is 0.323 e. The summed E-state index contributed by atoms with van der Waals surface area (Å²) in [5, 5.41) is 14.1. The van der Waals surface area contributed by atoms with Gasteiger partial charge in [0.1, 0.15) is 5.82 Å². The molecule has 2 aromatic carbocycles. The molecule has 0 unspecified atom stereocenters. The summed E-state index contributed by atoms with van der Waals surface area (Å²) in [5.74, 6) is -0.367. The zero-order valence-corrected chi connectivity index (χ0v) is 10.8. The van der Waals surface area contributed by atoms with Crippen LogP contribution >= 0.6 is 0 Å². The van der Waals surface area contributed by atoms with E-state index < -0.39 is 6.03 Å². The van der Waals surface area contributed by atoms with Crippen molar-refractivity contribution in [3.05, 3.63) is 59.4 Å². The zero-order chi connectivity index (χ0) is 14.5. The number of nitriles is 1. The van der Waals surface area contributed by atoms with E-state index in [0.29, 0.717) is 16.9 Å². The van der Waals surface area contributed by atoms with Gasteiger partial charge in [0.25, 0.3) is 0 Å². The van der Waals surface area contributed by atoms with Gasteiger partial charge in [-0.3, -0.25) is 0 Å². The Bertz CT molecular complexity index is 684. The minimum atomic E-state index is -0.454. The van der Waals surface area contributed by atoms with Gasteiger partial charge in [-0.25, -0.2) is 9.18 Å². The van der Waals surface area contributed by atoms with Gasteiger partial charge in [0.05, 0.1) is 11.6 Å². The SMILES string of the molecule is Cc1ccc(NC(=O)Nc2ccc(F)cc2)cc1C#N.[HH].[HH]. The summed E-state index contributed by atoms with van der Waals surface area (Å²) in [5.41, 5.74) is 2.35. The molecule has 0 heterocycles. The van der Waals surface area contributed by atoms with Crippen LogP contribution in [0.15, 0.2) is 42.5 Å². The van der Waals surface area contributed by atoms with Crippen LogP contribution in [-0.4, -0.2) is 6.03 Å². The number of urea groups is 1. The maximum absolute atomic E-state index is 12.7. The number of hydrogen-bond donors (Lipinski definition) is 2. The van der Waals surface area contributed by atoms with Crippen molar-refractivity contribution in [2.75, 3.05) is 10.6 Å². The van der Waals surface area contributed by atoms with Crippen LogP contribution in [0.2, 0.25) is 0 Å². The van der Waals surface area contributed by atoms with Gasteiger partial charge in [-0.05, 0) is 48.9 Å². The molecule has 0 fully saturated rings. The normalized spacial score (nSPS) is 9.65. The molecule has 2 aromatic rings. The van der Waals surface area contributed by atoms with Crippen LogP contribution in [0.1, 0.15) is 14.0 Å². The molecule has 0 aliphatic heterocycles. The molecule has 20 heavy (non-hydrogen) atoms. The van der Waals surface area contributed by atoms with Crippen molar-refractivity contribution in [1.82, 2.24) is 0 Å². The Morgan fingerprint density at radius 2 is 1.75 bits per heavy atom. The molecule has 0 bridgehead atoms. The lowest BCUT2D eigenvalue weighted by Gasteiger charge is -2.08. The van der Waals surface area contributed by atoms with Crippen LogP contribution in [-0.2, 0) is 0 Å². The van der Waals surface area contributed by atoms with E-state index in [1.807, 2.05) is 6.92 Å². The molecular weight excluding hydrogens is 257 g/mol. The average molecular weight is 273 g/mol. The van der Waals surface area contributed by atoms with E-state index in [0.717, 1.165) is 5.56 Å². The monoisotopic (exact) mass is 273 g/mol. The minimum Gasteiger partial charge on any atom is -0.308 e. The quantitative estimate of drug-likeness (QED) is 0.863. The topological polar surface area (TPSA) is 64.9 Å². The maximum atomic E-state index is 12.7. The first kappa shape index (κ1) is 13.6. The molecule has 4 nitrogen and oxygen atoms in total. The van der Waals surface area contributed by atoms with E-state index in [2.05, 4.69) is 16.7 Å². The summed E-state index contributed by atoms with van der Waals surface area (Å²) in [6, 6.07) is 12.1. The highest BCUT2D eigenvalue weighted by molar-refractivity contribution is 5.99. The smallest absolute Gasteiger partial charge is 0.308 e. The second kappa shape index (κ2) is 5.85. The number of carbonyl (C=O) groups excluding carboxylic acids is 1. The van der Waals surface area contributed by atoms with Gasteiger partial charge in [0.15, 0.2) is 0 Å². The van der Waals surface area contributed by atoms with Crippen molar-refractivity contribution in [3.63, 3.8) is 0 Å². The van der Waals surface area contributed by atoms with Gasteiger partial charge in [0, 0.05) is 14.2 Å². The number of hydrogen-bond acceptors (Lipinski definition) is 2. The molecule has 0 saturated heterocycles. The molecule has 0 saturated carbocycles. The van der Waals surface area contributed by atoms with Gasteiger partial charge in [0.2, 0.25) is 0 Å². The maximum Gasteiger partial charge on any atom is 0.323 e. The Hall–Kier alpha value is -2.87. The van der Waals surface area contributed by atoms with E-state index in [9.17, 15) is 9.18 Å². The highest BCUT2D eigenvalue weighted by Crippen LogP contribution is 2.15. The predicted molar refractivity (Wildman–Crippen MR) is 79.2 cm³/mol. The fourth-order valence-corrected chi connectivity index (χ4v) is 1.65. The molecule has 104 valence electrons. The Morgan fingerprint density at radius 1 is 1.15 bits per heavy atom. The van der Waals surface area contributed by atoms with Crippen LogP contribution in [0.3, 0.4) is 0 Å². The van der Waals surface area contributed by atoms with E-state index in [1.165, 1.54) is 24.3 Å². The van der Waals surface area contributed by atoms with E-state index >= 15 is 0 Å². The molecule has 0 radical (unpaired) electrons. The highest BCUT2D eigenvalue weighted by Gasteiger charge is 2.05. The summed E-state index contributed by atoms with van der Waals surface area (Å²) >= 11 is 0. The standard InChI is InChI=1S/C15H12FN3O.2H2/c1-10-2-5-14(8-11(10)9-17)19-15(20)18-13-6-3-12(16)4-7-13;;/h2-8H,1H3,(H2,18,19,20);2*1H. The minimum absolute atomic E-state index is 0. The number of benzene rings is 2. The van der Waals surface area contributed by atoms with Gasteiger partial charge in [-0.15, -0.1) is 0 Å². The van der Waals surface area contributed by atoms with E-state index in [-0.39, 0.29) is 8.67 Å². The highest BCUT2D eigenvalue weighted by atomic mass is 19.1. The van der Waals surface area contributed by atoms with Gasteiger partial charge >= 0.3 is 6.03 Å². The van der Waals surface area contributed by atoms with Crippen LogP contribution in [0.25, 0.3) is 0 Å². The molecule has 2 N–H and O–H groups in total. The molecule has 0 spiro atoms. The number of nitrogens with one attached hydrogen (secondary N) is 2. The molecule has 5 heteroatoms. The molecule has 2 amide bonds. The number of rotatable bonds is 2. The van der Waals surface area contributed by atoms with Crippen molar-refractivity contribution in [2.24, 2.45) is 0 Å². The lowest BCUT2D eigenvalue weighted by atomic mass is 10.1. The van der Waals surface area contributed by atoms with Crippen molar-refractivity contribution < 1.29 is 12.0 Å². The summed E-state index contributed by atoms with van der Waals surface area (Å²) in [6.45, 7) is 1.82. The number of nitrogens with zero attached hydrogens (tertiary/aromatic N) is 1. The third-order valence-corrected chi connectivity index (χ3v) is 2.72. The molecule has 0 aromatic heterocycles. The van der Waals surface area contributed by atoms with Crippen LogP contribution < -0.4 is 10.6 Å². The summed E-state index contributed by atoms with van der Waals surface area (Å²) in [6.07, 6.45) is 0. The number of aryl methyl sites for hydroxylation is 1. The first-order chi connectivity index (χ1) is 9.58. The summed E-state index contributed by atoms with van der Waals surface area (Å²) < 4.78 is 12.7. The fourth-order valence-electron chi connectivity index (χ4n) is 1.65. The number of halogens is 1. The number of amides is 2. The lowest BCUT2D eigenvalue weighted by Crippen LogP contribution is -2.19. The second-order valence-electron chi connectivity index (χ2n) is 4.23. The van der Waals surface area contributed by atoms with Crippen molar-refractivity contribution in [1.29, 1.82) is 5.26 Å². The fraction of sp³-hybridized carbons (Fsp3) is 0.0667. The van der Waals surface area contributed by atoms with Gasteiger partial charge in [-0.1, -0.05) is 6.07 Å². The van der Waals surface area contributed by atoms with E-state index in [1.54, 1.807) is 18.2 Å². The summed E-state index contributed by atoms with van der Waals surface area (Å²) in [4.78, 5) is 11.8. The molecule has 0 aliphatic carbocycles. The van der Waals surface area contributed by atoms with Gasteiger partial charge < -0.3 is 10.6 Å². The lowest BCUT2D eigenvalue weighted by molar-refractivity contribution is 0.262. The predicted octanol–water partition coefficient (Wildman–Crippen LogP) is 4.14.